The highest BCUT2D eigenvalue weighted by molar-refractivity contribution is 7.90. The molecule has 17 heavy (non-hydrogen) atoms. The molecule has 1 saturated carbocycles. The molecule has 6 heteroatoms. The molecule has 0 aliphatic heterocycles. The Kier molecular flexibility index (Phi) is 3.13. The average Bonchev–Trinajstić information content (AvgIpc) is 3.11. The summed E-state index contributed by atoms with van der Waals surface area (Å²) in [6.45, 7) is -0.0730. The summed E-state index contributed by atoms with van der Waals surface area (Å²) >= 11 is 0. The third-order valence-corrected chi connectivity index (χ3v) is 4.50. The first kappa shape index (κ1) is 12.0. The van der Waals surface area contributed by atoms with Crippen molar-refractivity contribution in [2.45, 2.75) is 24.6 Å². The van der Waals surface area contributed by atoms with Gasteiger partial charge in [-0.2, -0.15) is 5.26 Å². The first-order chi connectivity index (χ1) is 8.03. The zero-order valence-corrected chi connectivity index (χ0v) is 9.80. The Morgan fingerprint density at radius 1 is 1.47 bits per heavy atom. The van der Waals surface area contributed by atoms with Crippen molar-refractivity contribution in [1.29, 1.82) is 5.26 Å². The lowest BCUT2D eigenvalue weighted by Gasteiger charge is -2.06. The summed E-state index contributed by atoms with van der Waals surface area (Å²) in [5, 5.41) is 8.25. The minimum atomic E-state index is -3.30. The Labute approximate surface area is 99.1 Å². The largest absolute Gasteiger partial charge is 0.214 e. The Morgan fingerprint density at radius 2 is 2.18 bits per heavy atom. The Hall–Kier alpha value is -1.45. The van der Waals surface area contributed by atoms with Crippen molar-refractivity contribution < 1.29 is 12.8 Å². The lowest BCUT2D eigenvalue weighted by atomic mass is 10.1. The van der Waals surface area contributed by atoms with E-state index < -0.39 is 15.8 Å². The zero-order chi connectivity index (χ0) is 12.5. The number of halogens is 1. The van der Waals surface area contributed by atoms with E-state index in [4.69, 9.17) is 5.26 Å². The molecule has 0 heterocycles. The van der Waals surface area contributed by atoms with Crippen LogP contribution < -0.4 is 4.72 Å². The van der Waals surface area contributed by atoms with Gasteiger partial charge in [-0.3, -0.25) is 0 Å². The van der Waals surface area contributed by atoms with E-state index in [1.165, 1.54) is 12.1 Å². The van der Waals surface area contributed by atoms with E-state index in [0.29, 0.717) is 12.8 Å². The summed E-state index contributed by atoms with van der Waals surface area (Å²) in [6, 6.07) is 5.80. The van der Waals surface area contributed by atoms with E-state index in [1.807, 2.05) is 6.07 Å². The first-order valence-electron chi connectivity index (χ1n) is 5.20. The maximum Gasteiger partial charge on any atom is 0.214 e. The van der Waals surface area contributed by atoms with Gasteiger partial charge in [-0.25, -0.2) is 17.5 Å². The van der Waals surface area contributed by atoms with Crippen LogP contribution in [-0.2, 0) is 16.6 Å². The smallest absolute Gasteiger partial charge is 0.212 e. The van der Waals surface area contributed by atoms with Crippen molar-refractivity contribution in [3.05, 3.63) is 35.1 Å². The number of hydrogen-bond acceptors (Lipinski definition) is 3. The molecule has 0 atom stereocenters. The molecule has 0 aromatic heterocycles. The Balaban J connectivity index is 2.07. The molecule has 1 aliphatic carbocycles. The number of benzene rings is 1. The molecule has 90 valence electrons. The second-order valence-corrected chi connectivity index (χ2v) is 6.03. The van der Waals surface area contributed by atoms with E-state index in [2.05, 4.69) is 4.72 Å². The summed E-state index contributed by atoms with van der Waals surface area (Å²) in [5.41, 5.74) is 0.463. The van der Waals surface area contributed by atoms with Crippen LogP contribution in [0.15, 0.2) is 18.2 Å². The van der Waals surface area contributed by atoms with E-state index in [-0.39, 0.29) is 22.9 Å². The molecule has 4 nitrogen and oxygen atoms in total. The SMILES string of the molecule is N#Cc1ccc(CNS(=O)(=O)C2CC2)c(F)c1. The average molecular weight is 254 g/mol. The highest BCUT2D eigenvalue weighted by Gasteiger charge is 2.35. The maximum atomic E-state index is 13.4. The van der Waals surface area contributed by atoms with Gasteiger partial charge in [-0.05, 0) is 25.0 Å². The van der Waals surface area contributed by atoms with Gasteiger partial charge in [0.25, 0.3) is 0 Å². The highest BCUT2D eigenvalue weighted by Crippen LogP contribution is 2.27. The van der Waals surface area contributed by atoms with Crippen molar-refractivity contribution in [1.82, 2.24) is 4.72 Å². The van der Waals surface area contributed by atoms with Crippen molar-refractivity contribution in [3.63, 3.8) is 0 Å². The van der Waals surface area contributed by atoms with Gasteiger partial charge in [-0.15, -0.1) is 0 Å². The van der Waals surface area contributed by atoms with Crippen LogP contribution in [0.1, 0.15) is 24.0 Å². The van der Waals surface area contributed by atoms with Gasteiger partial charge in [0.1, 0.15) is 5.82 Å². The minimum absolute atomic E-state index is 0.0730. The lowest BCUT2D eigenvalue weighted by Crippen LogP contribution is -2.27. The molecule has 1 N–H and O–H groups in total. The number of nitriles is 1. The van der Waals surface area contributed by atoms with Gasteiger partial charge in [0.2, 0.25) is 10.0 Å². The molecule has 0 unspecified atom stereocenters. The van der Waals surface area contributed by atoms with Crippen molar-refractivity contribution in [2.24, 2.45) is 0 Å². The standard InChI is InChI=1S/C11H11FN2O2S/c12-11-5-8(6-13)1-2-9(11)7-14-17(15,16)10-3-4-10/h1-2,5,10,14H,3-4,7H2. The van der Waals surface area contributed by atoms with Crippen LogP contribution in [0.4, 0.5) is 4.39 Å². The van der Waals surface area contributed by atoms with Gasteiger partial charge < -0.3 is 0 Å². The molecular formula is C11H11FN2O2S. The molecule has 1 fully saturated rings. The molecular weight excluding hydrogens is 243 g/mol. The summed E-state index contributed by atoms with van der Waals surface area (Å²) in [7, 11) is -3.30. The van der Waals surface area contributed by atoms with E-state index in [9.17, 15) is 12.8 Å². The first-order valence-corrected chi connectivity index (χ1v) is 6.74. The minimum Gasteiger partial charge on any atom is -0.212 e. The fraction of sp³-hybridized carbons (Fsp3) is 0.364. The molecule has 2 rings (SSSR count). The Morgan fingerprint density at radius 3 is 2.71 bits per heavy atom. The number of nitrogens with one attached hydrogen (secondary N) is 1. The van der Waals surface area contributed by atoms with Crippen LogP contribution in [-0.4, -0.2) is 13.7 Å². The molecule has 0 saturated heterocycles. The molecule has 0 radical (unpaired) electrons. The monoisotopic (exact) mass is 254 g/mol. The van der Waals surface area contributed by atoms with Gasteiger partial charge in [-0.1, -0.05) is 6.07 Å². The lowest BCUT2D eigenvalue weighted by molar-refractivity contribution is 0.573. The van der Waals surface area contributed by atoms with E-state index in [0.717, 1.165) is 6.07 Å². The second kappa shape index (κ2) is 4.43. The number of sulfonamides is 1. The fourth-order valence-electron chi connectivity index (χ4n) is 1.43. The maximum absolute atomic E-state index is 13.4. The topological polar surface area (TPSA) is 70.0 Å². The highest BCUT2D eigenvalue weighted by atomic mass is 32.2. The molecule has 0 bridgehead atoms. The molecule has 1 aromatic carbocycles. The molecule has 1 aromatic rings. The predicted molar refractivity (Wildman–Crippen MR) is 59.9 cm³/mol. The van der Waals surface area contributed by atoms with E-state index in [1.54, 1.807) is 0 Å². The Bertz CT molecular complexity index is 574. The molecule has 1 aliphatic rings. The summed E-state index contributed by atoms with van der Waals surface area (Å²) in [4.78, 5) is 0. The third-order valence-electron chi connectivity index (χ3n) is 2.61. The third kappa shape index (κ3) is 2.81. The van der Waals surface area contributed by atoms with Gasteiger partial charge in [0.05, 0.1) is 16.9 Å². The summed E-state index contributed by atoms with van der Waals surface area (Å²) in [6.07, 6.45) is 1.34. The van der Waals surface area contributed by atoms with Crippen LogP contribution in [0.3, 0.4) is 0 Å². The van der Waals surface area contributed by atoms with Crippen LogP contribution in [0.2, 0.25) is 0 Å². The fourth-order valence-corrected chi connectivity index (χ4v) is 2.78. The number of nitrogens with zero attached hydrogens (tertiary/aromatic N) is 1. The van der Waals surface area contributed by atoms with Gasteiger partial charge >= 0.3 is 0 Å². The number of hydrogen-bond donors (Lipinski definition) is 1. The van der Waals surface area contributed by atoms with Crippen molar-refractivity contribution in [2.75, 3.05) is 0 Å². The van der Waals surface area contributed by atoms with Crippen LogP contribution in [0.25, 0.3) is 0 Å². The van der Waals surface area contributed by atoms with E-state index >= 15 is 0 Å². The van der Waals surface area contributed by atoms with Crippen LogP contribution in [0, 0.1) is 17.1 Å². The predicted octanol–water partition coefficient (Wildman–Crippen LogP) is 1.28. The molecule has 0 spiro atoms. The normalized spacial score (nSPS) is 15.5. The second-order valence-electron chi connectivity index (χ2n) is 3.98. The quantitative estimate of drug-likeness (QED) is 0.879. The summed E-state index contributed by atoms with van der Waals surface area (Å²) in [5.74, 6) is -0.567. The van der Waals surface area contributed by atoms with Crippen molar-refractivity contribution >= 4 is 10.0 Å². The molecule has 0 amide bonds. The van der Waals surface area contributed by atoms with Crippen LogP contribution >= 0.6 is 0 Å². The van der Waals surface area contributed by atoms with Crippen LogP contribution in [0.5, 0.6) is 0 Å². The van der Waals surface area contributed by atoms with Crippen molar-refractivity contribution in [3.8, 4) is 6.07 Å². The zero-order valence-electron chi connectivity index (χ0n) is 8.98. The number of rotatable bonds is 4. The van der Waals surface area contributed by atoms with Gasteiger partial charge in [0.15, 0.2) is 0 Å². The summed E-state index contributed by atoms with van der Waals surface area (Å²) < 4.78 is 38.8. The van der Waals surface area contributed by atoms with Gasteiger partial charge in [0, 0.05) is 12.1 Å².